The second-order valence-corrected chi connectivity index (χ2v) is 9.17. The van der Waals surface area contributed by atoms with E-state index < -0.39 is 0 Å². The van der Waals surface area contributed by atoms with Gasteiger partial charge in [-0.15, -0.1) is 0 Å². The summed E-state index contributed by atoms with van der Waals surface area (Å²) in [5.74, 6) is -0.438. The molecule has 0 saturated carbocycles. The van der Waals surface area contributed by atoms with Gasteiger partial charge in [-0.3, -0.25) is 0 Å². The molecule has 0 saturated heterocycles. The van der Waals surface area contributed by atoms with Crippen molar-refractivity contribution in [2.75, 3.05) is 20.8 Å². The number of aldehydes is 1. The zero-order valence-electron chi connectivity index (χ0n) is 19.7. The number of fused-ring (bicyclic) bond motifs is 4. The number of aromatic nitrogens is 1. The molecule has 2 aromatic rings. The van der Waals surface area contributed by atoms with Crippen molar-refractivity contribution in [3.8, 4) is 0 Å². The van der Waals surface area contributed by atoms with Crippen LogP contribution in [0.3, 0.4) is 0 Å². The number of hydrogen-bond donors (Lipinski definition) is 1. The number of ether oxygens (including phenoxy) is 1. The van der Waals surface area contributed by atoms with Gasteiger partial charge in [-0.2, -0.15) is 0 Å². The van der Waals surface area contributed by atoms with Crippen molar-refractivity contribution in [3.05, 3.63) is 69.3 Å². The Hall–Kier alpha value is -2.83. The van der Waals surface area contributed by atoms with Gasteiger partial charge in [-0.1, -0.05) is 13.5 Å². The fourth-order valence-corrected chi connectivity index (χ4v) is 5.79. The standard InChI is InChI=1S/C27H30FN3O2/c1-6-16(12-32)18-9-24-27-19(11-31(24)15(3)20(18)13-33-5)26-22(29-4)8-7-17-14(2)21(28)10-23(30-27)25(17)26/h9-10,12,16,22,29H,3,6-8,11,13H2,1-2,4-5H3. The zero-order chi connectivity index (χ0) is 23.4. The summed E-state index contributed by atoms with van der Waals surface area (Å²) in [7, 11) is 3.64. The Bertz CT molecular complexity index is 1260. The lowest BCUT2D eigenvalue weighted by Gasteiger charge is -2.31. The van der Waals surface area contributed by atoms with E-state index in [1.807, 2.05) is 20.9 Å². The van der Waals surface area contributed by atoms with Crippen molar-refractivity contribution < 1.29 is 13.9 Å². The van der Waals surface area contributed by atoms with E-state index in [0.29, 0.717) is 25.1 Å². The first-order valence-corrected chi connectivity index (χ1v) is 11.6. The van der Waals surface area contributed by atoms with Crippen LogP contribution in [-0.4, -0.2) is 36.9 Å². The number of methoxy groups -OCH3 is 1. The molecule has 1 aliphatic carbocycles. The molecule has 33 heavy (non-hydrogen) atoms. The molecule has 2 atom stereocenters. The Labute approximate surface area is 194 Å². The van der Waals surface area contributed by atoms with Crippen LogP contribution < -0.4 is 5.32 Å². The first-order chi connectivity index (χ1) is 15.9. The van der Waals surface area contributed by atoms with Crippen molar-refractivity contribution in [1.82, 2.24) is 15.2 Å². The zero-order valence-corrected chi connectivity index (χ0v) is 19.7. The third-order valence-electron chi connectivity index (χ3n) is 7.58. The number of aryl methyl sites for hydroxylation is 1. The van der Waals surface area contributed by atoms with Crippen LogP contribution in [0.15, 0.2) is 35.6 Å². The molecule has 2 unspecified atom stereocenters. The minimum atomic E-state index is -0.235. The van der Waals surface area contributed by atoms with Crippen LogP contribution in [0, 0.1) is 18.7 Å². The summed E-state index contributed by atoms with van der Waals surface area (Å²) in [4.78, 5) is 19.1. The number of carbonyl (C=O) groups is 1. The SMILES string of the molecule is C=C1C(COC)=C(C(C=O)CC)C=C2c3nc4cc(F)c(C)c5c4c(c3CN12)C(NC)CC5. The van der Waals surface area contributed by atoms with E-state index in [1.165, 1.54) is 11.1 Å². The van der Waals surface area contributed by atoms with Gasteiger partial charge < -0.3 is 19.7 Å². The molecular formula is C27H30FN3O2. The molecule has 1 aromatic heterocycles. The van der Waals surface area contributed by atoms with Crippen molar-refractivity contribution in [2.24, 2.45) is 5.92 Å². The summed E-state index contributed by atoms with van der Waals surface area (Å²) >= 11 is 0. The van der Waals surface area contributed by atoms with Crippen molar-refractivity contribution in [1.29, 1.82) is 0 Å². The van der Waals surface area contributed by atoms with Crippen LogP contribution in [0.5, 0.6) is 0 Å². The highest BCUT2D eigenvalue weighted by Crippen LogP contribution is 2.48. The number of hydrogen-bond acceptors (Lipinski definition) is 5. The molecule has 2 aliphatic heterocycles. The van der Waals surface area contributed by atoms with Crippen LogP contribution in [0.1, 0.15) is 53.8 Å². The van der Waals surface area contributed by atoms with E-state index in [-0.39, 0.29) is 17.8 Å². The molecule has 3 heterocycles. The van der Waals surface area contributed by atoms with Gasteiger partial charge in [0.25, 0.3) is 0 Å². The predicted molar refractivity (Wildman–Crippen MR) is 128 cm³/mol. The molecular weight excluding hydrogens is 417 g/mol. The molecule has 5 nitrogen and oxygen atoms in total. The maximum absolute atomic E-state index is 14.8. The number of nitrogens with one attached hydrogen (secondary N) is 1. The smallest absolute Gasteiger partial charge is 0.128 e. The maximum Gasteiger partial charge on any atom is 0.128 e. The van der Waals surface area contributed by atoms with Gasteiger partial charge in [-0.25, -0.2) is 9.37 Å². The van der Waals surface area contributed by atoms with Crippen LogP contribution in [-0.2, 0) is 22.5 Å². The van der Waals surface area contributed by atoms with Gasteiger partial charge in [0.15, 0.2) is 0 Å². The topological polar surface area (TPSA) is 54.5 Å². The molecule has 0 amide bonds. The third-order valence-corrected chi connectivity index (χ3v) is 7.58. The molecule has 5 rings (SSSR count). The number of benzene rings is 1. The second kappa shape index (κ2) is 8.19. The maximum atomic E-state index is 14.8. The molecule has 1 aromatic carbocycles. The lowest BCUT2D eigenvalue weighted by Crippen LogP contribution is -2.25. The third kappa shape index (κ3) is 3.11. The molecule has 6 heteroatoms. The average Bonchev–Trinajstić information content (AvgIpc) is 3.19. The molecule has 3 aliphatic rings. The van der Waals surface area contributed by atoms with Crippen LogP contribution in [0.25, 0.3) is 16.6 Å². The minimum absolute atomic E-state index is 0.182. The Morgan fingerprint density at radius 1 is 1.42 bits per heavy atom. The monoisotopic (exact) mass is 447 g/mol. The molecule has 172 valence electrons. The van der Waals surface area contributed by atoms with Gasteiger partial charge in [0.2, 0.25) is 0 Å². The van der Waals surface area contributed by atoms with Crippen molar-refractivity contribution in [3.63, 3.8) is 0 Å². The van der Waals surface area contributed by atoms with Crippen LogP contribution >= 0.6 is 0 Å². The van der Waals surface area contributed by atoms with Gasteiger partial charge in [-0.05, 0) is 61.6 Å². The molecule has 0 bridgehead atoms. The van der Waals surface area contributed by atoms with Crippen LogP contribution in [0.2, 0.25) is 0 Å². The van der Waals surface area contributed by atoms with E-state index >= 15 is 0 Å². The number of halogens is 1. The van der Waals surface area contributed by atoms with Gasteiger partial charge in [0, 0.05) is 47.4 Å². The molecule has 0 spiro atoms. The number of rotatable bonds is 6. The van der Waals surface area contributed by atoms with E-state index in [4.69, 9.17) is 9.72 Å². The highest BCUT2D eigenvalue weighted by molar-refractivity contribution is 5.93. The Balaban J connectivity index is 1.80. The highest BCUT2D eigenvalue weighted by atomic mass is 19.1. The van der Waals surface area contributed by atoms with Gasteiger partial charge in [0.05, 0.1) is 30.1 Å². The quantitative estimate of drug-likeness (QED) is 0.648. The fourth-order valence-electron chi connectivity index (χ4n) is 5.79. The average molecular weight is 448 g/mol. The summed E-state index contributed by atoms with van der Waals surface area (Å²) < 4.78 is 20.3. The van der Waals surface area contributed by atoms with E-state index in [1.54, 1.807) is 13.2 Å². The number of pyridine rings is 1. The van der Waals surface area contributed by atoms with Gasteiger partial charge in [0.1, 0.15) is 12.1 Å². The first-order valence-electron chi connectivity index (χ1n) is 11.6. The lowest BCUT2D eigenvalue weighted by molar-refractivity contribution is -0.110. The summed E-state index contributed by atoms with van der Waals surface area (Å²) in [5.41, 5.74) is 9.43. The molecule has 0 radical (unpaired) electrons. The van der Waals surface area contributed by atoms with Crippen LogP contribution in [0.4, 0.5) is 4.39 Å². The predicted octanol–water partition coefficient (Wildman–Crippen LogP) is 4.74. The highest BCUT2D eigenvalue weighted by Gasteiger charge is 2.38. The van der Waals surface area contributed by atoms with E-state index in [0.717, 1.165) is 63.9 Å². The molecule has 1 N–H and O–H groups in total. The van der Waals surface area contributed by atoms with E-state index in [9.17, 15) is 9.18 Å². The second-order valence-electron chi connectivity index (χ2n) is 9.17. The summed E-state index contributed by atoms with van der Waals surface area (Å²) in [6.45, 7) is 9.32. The number of allylic oxidation sites excluding steroid dienone is 2. The lowest BCUT2D eigenvalue weighted by atomic mass is 9.82. The Kier molecular flexibility index (Phi) is 5.46. The molecule has 0 fully saturated rings. The normalized spacial score (nSPS) is 20.2. The van der Waals surface area contributed by atoms with E-state index in [2.05, 4.69) is 22.9 Å². The fraction of sp³-hybridized carbons (Fsp3) is 0.407. The minimum Gasteiger partial charge on any atom is -0.380 e. The number of nitrogens with zero attached hydrogens (tertiary/aromatic N) is 2. The van der Waals surface area contributed by atoms with Gasteiger partial charge >= 0.3 is 0 Å². The number of carbonyl (C=O) groups excluding carboxylic acids is 1. The summed E-state index contributed by atoms with van der Waals surface area (Å²) in [5, 5.41) is 4.57. The van der Waals surface area contributed by atoms with Crippen molar-refractivity contribution >= 4 is 22.9 Å². The first kappa shape index (κ1) is 22.0. The summed E-state index contributed by atoms with van der Waals surface area (Å²) in [6.07, 6.45) is 5.52. The Morgan fingerprint density at radius 3 is 2.88 bits per heavy atom. The summed E-state index contributed by atoms with van der Waals surface area (Å²) in [6, 6.07) is 1.76. The van der Waals surface area contributed by atoms with Crippen molar-refractivity contribution in [2.45, 2.75) is 45.7 Å². The largest absolute Gasteiger partial charge is 0.380 e. The Morgan fingerprint density at radius 2 is 2.21 bits per heavy atom.